The summed E-state index contributed by atoms with van der Waals surface area (Å²) in [6.45, 7) is 15.6. The largest absolute Gasteiger partial charge is 0.0988 e. The van der Waals surface area contributed by atoms with Crippen LogP contribution in [0.4, 0.5) is 0 Å². The Bertz CT molecular complexity index is 278. The monoisotopic (exact) mass is 244 g/mol. The molecule has 1 fully saturated rings. The summed E-state index contributed by atoms with van der Waals surface area (Å²) >= 11 is 0. The molecule has 0 nitrogen and oxygen atoms in total. The van der Waals surface area contributed by atoms with Crippen molar-refractivity contribution >= 4 is 0 Å². The topological polar surface area (TPSA) is 0 Å². The number of hydrogen-bond donors (Lipinski definition) is 0. The molecular weight excluding hydrogens is 216 g/mol. The maximum Gasteiger partial charge on any atom is -0.0282 e. The van der Waals surface area contributed by atoms with Crippen molar-refractivity contribution in [2.45, 2.75) is 51.4 Å². The van der Waals surface area contributed by atoms with Gasteiger partial charge in [0.2, 0.25) is 0 Å². The van der Waals surface area contributed by atoms with Crippen LogP contribution in [0.15, 0.2) is 49.6 Å². The Kier molecular flexibility index (Phi) is 6.78. The van der Waals surface area contributed by atoms with Gasteiger partial charge in [-0.05, 0) is 43.9 Å². The summed E-state index contributed by atoms with van der Waals surface area (Å²) in [6.07, 6.45) is 14.2. The first-order valence-electron chi connectivity index (χ1n) is 7.26. The van der Waals surface area contributed by atoms with Crippen molar-refractivity contribution < 1.29 is 0 Å². The zero-order valence-electron chi connectivity index (χ0n) is 11.8. The van der Waals surface area contributed by atoms with Crippen LogP contribution in [0.2, 0.25) is 0 Å². The molecule has 18 heavy (non-hydrogen) atoms. The van der Waals surface area contributed by atoms with Crippen molar-refractivity contribution in [2.24, 2.45) is 11.8 Å². The van der Waals surface area contributed by atoms with Crippen molar-refractivity contribution in [3.05, 3.63) is 49.6 Å². The second-order valence-electron chi connectivity index (χ2n) is 5.70. The van der Waals surface area contributed by atoms with Gasteiger partial charge in [0.25, 0.3) is 0 Å². The molecule has 0 aliphatic heterocycles. The molecular formula is C18H28. The minimum absolute atomic E-state index is 0.900. The molecule has 2 atom stereocenters. The highest BCUT2D eigenvalue weighted by atomic mass is 14.3. The van der Waals surface area contributed by atoms with Crippen molar-refractivity contribution in [2.75, 3.05) is 0 Å². The second kappa shape index (κ2) is 8.13. The van der Waals surface area contributed by atoms with Crippen LogP contribution in [0, 0.1) is 11.8 Å². The van der Waals surface area contributed by atoms with E-state index >= 15 is 0 Å². The van der Waals surface area contributed by atoms with Crippen LogP contribution in [0.1, 0.15) is 51.4 Å². The molecule has 0 radical (unpaired) electrons. The molecule has 1 aliphatic carbocycles. The number of hydrogen-bond acceptors (Lipinski definition) is 0. The molecule has 0 aromatic rings. The van der Waals surface area contributed by atoms with Gasteiger partial charge >= 0.3 is 0 Å². The van der Waals surface area contributed by atoms with Crippen molar-refractivity contribution in [3.63, 3.8) is 0 Å². The normalized spacial score (nSPS) is 23.3. The van der Waals surface area contributed by atoms with E-state index in [0.29, 0.717) is 0 Å². The van der Waals surface area contributed by atoms with E-state index in [1.165, 1.54) is 49.7 Å². The summed E-state index contributed by atoms with van der Waals surface area (Å²) in [5.74, 6) is 1.80. The maximum absolute atomic E-state index is 4.01. The molecule has 0 bridgehead atoms. The van der Waals surface area contributed by atoms with Crippen LogP contribution in [-0.4, -0.2) is 0 Å². The Morgan fingerprint density at radius 2 is 1.33 bits per heavy atom. The lowest BCUT2D eigenvalue weighted by atomic mass is 9.77. The van der Waals surface area contributed by atoms with E-state index in [4.69, 9.17) is 0 Å². The molecule has 0 N–H and O–H groups in total. The SMILES string of the molecule is C=CC(=C)CCC1CCCC(CCC(=C)C=C)C1. The van der Waals surface area contributed by atoms with E-state index in [9.17, 15) is 0 Å². The maximum atomic E-state index is 4.01. The van der Waals surface area contributed by atoms with Crippen molar-refractivity contribution in [1.82, 2.24) is 0 Å². The summed E-state index contributed by atoms with van der Waals surface area (Å²) in [6, 6.07) is 0. The van der Waals surface area contributed by atoms with Gasteiger partial charge in [-0.15, -0.1) is 0 Å². The van der Waals surface area contributed by atoms with Gasteiger partial charge in [0, 0.05) is 0 Å². The lowest BCUT2D eigenvalue weighted by Gasteiger charge is -2.29. The van der Waals surface area contributed by atoms with E-state index in [-0.39, 0.29) is 0 Å². The predicted molar refractivity (Wildman–Crippen MR) is 82.6 cm³/mol. The molecule has 0 amide bonds. The first kappa shape index (κ1) is 15.0. The first-order chi connectivity index (χ1) is 8.65. The highest BCUT2D eigenvalue weighted by Gasteiger charge is 2.21. The lowest BCUT2D eigenvalue weighted by Crippen LogP contribution is -2.15. The third kappa shape index (κ3) is 5.53. The van der Waals surface area contributed by atoms with Crippen molar-refractivity contribution in [1.29, 1.82) is 0 Å². The average molecular weight is 244 g/mol. The third-order valence-electron chi connectivity index (χ3n) is 4.22. The van der Waals surface area contributed by atoms with E-state index < -0.39 is 0 Å². The smallest absolute Gasteiger partial charge is 0.0282 e. The number of allylic oxidation sites excluding steroid dienone is 4. The van der Waals surface area contributed by atoms with Gasteiger partial charge in [-0.3, -0.25) is 0 Å². The number of rotatable bonds is 8. The Morgan fingerprint density at radius 1 is 0.889 bits per heavy atom. The second-order valence-corrected chi connectivity index (χ2v) is 5.70. The fraction of sp³-hybridized carbons (Fsp3) is 0.556. The van der Waals surface area contributed by atoms with Crippen LogP contribution < -0.4 is 0 Å². The standard InChI is InChI=1S/C18H28/c1-5-15(3)10-12-17-8-7-9-18(14-17)13-11-16(4)6-2/h5-6,17-18H,1-4,7-14H2. The van der Waals surface area contributed by atoms with Crippen LogP contribution in [0.5, 0.6) is 0 Å². The predicted octanol–water partition coefficient (Wildman–Crippen LogP) is 5.84. The minimum Gasteiger partial charge on any atom is -0.0988 e. The summed E-state index contributed by atoms with van der Waals surface area (Å²) in [5.41, 5.74) is 2.38. The van der Waals surface area contributed by atoms with E-state index in [2.05, 4.69) is 26.3 Å². The zero-order chi connectivity index (χ0) is 13.4. The van der Waals surface area contributed by atoms with Gasteiger partial charge in [0.15, 0.2) is 0 Å². The fourth-order valence-electron chi connectivity index (χ4n) is 2.91. The Labute approximate surface area is 113 Å². The minimum atomic E-state index is 0.900. The van der Waals surface area contributed by atoms with Gasteiger partial charge in [-0.25, -0.2) is 0 Å². The van der Waals surface area contributed by atoms with Crippen LogP contribution in [-0.2, 0) is 0 Å². The summed E-state index contributed by atoms with van der Waals surface area (Å²) in [4.78, 5) is 0. The summed E-state index contributed by atoms with van der Waals surface area (Å²) in [5, 5.41) is 0. The van der Waals surface area contributed by atoms with E-state index in [1.54, 1.807) is 0 Å². The molecule has 0 saturated heterocycles. The van der Waals surface area contributed by atoms with E-state index in [0.717, 1.165) is 24.7 Å². The van der Waals surface area contributed by atoms with Gasteiger partial charge in [-0.1, -0.05) is 68.9 Å². The molecule has 0 aromatic carbocycles. The Hall–Kier alpha value is -1.04. The Balaban J connectivity index is 2.27. The average Bonchev–Trinajstić information content (AvgIpc) is 2.42. The van der Waals surface area contributed by atoms with Crippen LogP contribution in [0.3, 0.4) is 0 Å². The van der Waals surface area contributed by atoms with Gasteiger partial charge in [0.05, 0.1) is 0 Å². The molecule has 2 unspecified atom stereocenters. The van der Waals surface area contributed by atoms with Gasteiger partial charge in [0.1, 0.15) is 0 Å². The molecule has 0 heterocycles. The molecule has 1 aliphatic rings. The van der Waals surface area contributed by atoms with Crippen LogP contribution >= 0.6 is 0 Å². The lowest BCUT2D eigenvalue weighted by molar-refractivity contribution is 0.245. The molecule has 0 spiro atoms. The highest BCUT2D eigenvalue weighted by Crippen LogP contribution is 2.35. The molecule has 1 saturated carbocycles. The Morgan fingerprint density at radius 3 is 1.72 bits per heavy atom. The fourth-order valence-corrected chi connectivity index (χ4v) is 2.91. The van der Waals surface area contributed by atoms with Gasteiger partial charge in [-0.2, -0.15) is 0 Å². The quantitative estimate of drug-likeness (QED) is 0.471. The highest BCUT2D eigenvalue weighted by molar-refractivity contribution is 5.11. The molecule has 100 valence electrons. The third-order valence-corrected chi connectivity index (χ3v) is 4.22. The summed E-state index contributed by atoms with van der Waals surface area (Å²) < 4.78 is 0. The molecule has 0 aromatic heterocycles. The van der Waals surface area contributed by atoms with Gasteiger partial charge < -0.3 is 0 Å². The van der Waals surface area contributed by atoms with Crippen LogP contribution in [0.25, 0.3) is 0 Å². The molecule has 0 heteroatoms. The zero-order valence-corrected chi connectivity index (χ0v) is 11.8. The summed E-state index contributed by atoms with van der Waals surface area (Å²) in [7, 11) is 0. The van der Waals surface area contributed by atoms with Crippen molar-refractivity contribution in [3.8, 4) is 0 Å². The molecule has 1 rings (SSSR count). The van der Waals surface area contributed by atoms with E-state index in [1.807, 2.05) is 12.2 Å². The first-order valence-corrected chi connectivity index (χ1v) is 7.26.